The first-order valence-electron chi connectivity index (χ1n) is 6.83. The number of aromatic nitrogens is 3. The Hall–Kier alpha value is -2.08. The second kappa shape index (κ2) is 7.00. The van der Waals surface area contributed by atoms with Gasteiger partial charge < -0.3 is 9.84 Å². The van der Waals surface area contributed by atoms with Gasteiger partial charge in [0.25, 0.3) is 0 Å². The zero-order valence-electron chi connectivity index (χ0n) is 12.0. The van der Waals surface area contributed by atoms with Crippen LogP contribution in [0.2, 0.25) is 10.0 Å². The molecule has 0 atom stereocenters. The lowest BCUT2D eigenvalue weighted by atomic mass is 10.2. The van der Waals surface area contributed by atoms with E-state index < -0.39 is 0 Å². The van der Waals surface area contributed by atoms with E-state index in [0.717, 1.165) is 5.56 Å². The van der Waals surface area contributed by atoms with Crippen molar-refractivity contribution in [1.29, 1.82) is 0 Å². The number of nitrogens with zero attached hydrogens (tertiary/aromatic N) is 3. The fraction of sp³-hybridized carbons (Fsp3) is 0.125. The molecule has 0 radical (unpaired) electrons. The fourth-order valence-corrected chi connectivity index (χ4v) is 2.51. The maximum atomic E-state index is 9.03. The first-order chi connectivity index (χ1) is 11.2. The summed E-state index contributed by atoms with van der Waals surface area (Å²) in [5.41, 5.74) is 1.32. The quantitative estimate of drug-likeness (QED) is 0.763. The summed E-state index contributed by atoms with van der Waals surface area (Å²) in [4.78, 5) is 8.35. The number of ether oxygens (including phenoxy) is 1. The molecule has 2 heterocycles. The van der Waals surface area contributed by atoms with Gasteiger partial charge in [-0.1, -0.05) is 29.3 Å². The normalized spacial score (nSPS) is 10.7. The van der Waals surface area contributed by atoms with E-state index in [4.69, 9.17) is 33.0 Å². The van der Waals surface area contributed by atoms with E-state index in [1.165, 1.54) is 0 Å². The van der Waals surface area contributed by atoms with Gasteiger partial charge in [-0.15, -0.1) is 0 Å². The number of aliphatic hydroxyl groups excluding tert-OH is 1. The highest BCUT2D eigenvalue weighted by atomic mass is 35.5. The molecular weight excluding hydrogens is 337 g/mol. The van der Waals surface area contributed by atoms with Crippen LogP contribution >= 0.6 is 23.2 Å². The first-order valence-corrected chi connectivity index (χ1v) is 7.59. The first kappa shape index (κ1) is 15.8. The van der Waals surface area contributed by atoms with Gasteiger partial charge in [-0.3, -0.25) is 4.57 Å². The Morgan fingerprint density at radius 3 is 2.48 bits per heavy atom. The van der Waals surface area contributed by atoms with E-state index in [2.05, 4.69) is 9.97 Å². The smallest absolute Gasteiger partial charge is 0.138 e. The van der Waals surface area contributed by atoms with Gasteiger partial charge in [0.2, 0.25) is 0 Å². The lowest BCUT2D eigenvalue weighted by Gasteiger charge is -2.09. The topological polar surface area (TPSA) is 60.2 Å². The van der Waals surface area contributed by atoms with Crippen LogP contribution in [0.5, 0.6) is 5.75 Å². The van der Waals surface area contributed by atoms with Crippen LogP contribution in [0.1, 0.15) is 11.3 Å². The van der Waals surface area contributed by atoms with Crippen molar-refractivity contribution in [3.63, 3.8) is 0 Å². The lowest BCUT2D eigenvalue weighted by molar-refractivity contribution is 0.277. The van der Waals surface area contributed by atoms with Gasteiger partial charge >= 0.3 is 0 Å². The minimum Gasteiger partial charge on any atom is -0.487 e. The van der Waals surface area contributed by atoms with E-state index in [1.54, 1.807) is 53.6 Å². The van der Waals surface area contributed by atoms with Crippen LogP contribution in [0.3, 0.4) is 0 Å². The molecule has 118 valence electrons. The molecule has 0 spiro atoms. The highest BCUT2D eigenvalue weighted by Gasteiger charge is 2.07. The molecule has 3 rings (SSSR count). The number of imidazole rings is 1. The molecule has 0 unspecified atom stereocenters. The highest BCUT2D eigenvalue weighted by Crippen LogP contribution is 2.25. The number of rotatable bonds is 5. The van der Waals surface area contributed by atoms with Gasteiger partial charge in [-0.2, -0.15) is 0 Å². The summed E-state index contributed by atoms with van der Waals surface area (Å²) in [6.07, 6.45) is 4.92. The van der Waals surface area contributed by atoms with E-state index in [-0.39, 0.29) is 13.2 Å². The molecule has 0 aliphatic carbocycles. The Morgan fingerprint density at radius 2 is 1.87 bits per heavy atom. The van der Waals surface area contributed by atoms with Crippen molar-refractivity contribution in [1.82, 2.24) is 14.5 Å². The molecule has 5 nitrogen and oxygen atoms in total. The zero-order valence-corrected chi connectivity index (χ0v) is 13.5. The third-order valence-electron chi connectivity index (χ3n) is 3.23. The van der Waals surface area contributed by atoms with Gasteiger partial charge in [0.1, 0.15) is 24.5 Å². The lowest BCUT2D eigenvalue weighted by Crippen LogP contribution is -1.99. The number of benzene rings is 1. The molecule has 2 aromatic heterocycles. The largest absolute Gasteiger partial charge is 0.487 e. The Morgan fingerprint density at radius 1 is 1.09 bits per heavy atom. The van der Waals surface area contributed by atoms with Gasteiger partial charge in [-0.05, 0) is 24.3 Å². The second-order valence-electron chi connectivity index (χ2n) is 4.77. The molecule has 7 heteroatoms. The van der Waals surface area contributed by atoms with Gasteiger partial charge in [0.05, 0.1) is 18.5 Å². The average molecular weight is 350 g/mol. The summed E-state index contributed by atoms with van der Waals surface area (Å²) in [5, 5.41) is 10.2. The van der Waals surface area contributed by atoms with Crippen molar-refractivity contribution in [3.05, 3.63) is 70.4 Å². The molecule has 0 bridgehead atoms. The van der Waals surface area contributed by atoms with Crippen molar-refractivity contribution in [3.8, 4) is 11.6 Å². The van der Waals surface area contributed by atoms with Crippen molar-refractivity contribution in [2.24, 2.45) is 0 Å². The van der Waals surface area contributed by atoms with Gasteiger partial charge in [0, 0.05) is 21.8 Å². The SMILES string of the molecule is OCc1cn(-c2ccc(OCc3c(Cl)cccc3Cl)cn2)cn1. The summed E-state index contributed by atoms with van der Waals surface area (Å²) in [6.45, 7) is 0.159. The van der Waals surface area contributed by atoms with E-state index in [0.29, 0.717) is 27.3 Å². The van der Waals surface area contributed by atoms with Crippen molar-refractivity contribution >= 4 is 23.2 Å². The van der Waals surface area contributed by atoms with Crippen LogP contribution < -0.4 is 4.74 Å². The molecule has 0 saturated heterocycles. The Bertz CT molecular complexity index is 783. The van der Waals surface area contributed by atoms with Crippen molar-refractivity contribution in [2.75, 3.05) is 0 Å². The van der Waals surface area contributed by atoms with E-state index in [9.17, 15) is 0 Å². The minimum absolute atomic E-state index is 0.104. The third kappa shape index (κ3) is 3.64. The summed E-state index contributed by atoms with van der Waals surface area (Å²) in [7, 11) is 0. The molecule has 0 saturated carbocycles. The molecule has 0 aliphatic heterocycles. The van der Waals surface area contributed by atoms with Crippen LogP contribution in [-0.2, 0) is 13.2 Å². The maximum Gasteiger partial charge on any atom is 0.138 e. The number of hydrogen-bond donors (Lipinski definition) is 1. The minimum atomic E-state index is -0.104. The molecule has 3 aromatic rings. The Balaban J connectivity index is 1.70. The summed E-state index contributed by atoms with van der Waals surface area (Å²) in [5.74, 6) is 1.28. The van der Waals surface area contributed by atoms with Crippen LogP contribution in [0.25, 0.3) is 5.82 Å². The standard InChI is InChI=1S/C16H13Cl2N3O2/c17-14-2-1-3-15(18)13(14)9-23-12-4-5-16(19-6-12)21-7-11(8-22)20-10-21/h1-7,10,22H,8-9H2. The molecule has 1 N–H and O–H groups in total. The van der Waals surface area contributed by atoms with Crippen LogP contribution in [0, 0.1) is 0 Å². The molecule has 0 aliphatic rings. The summed E-state index contributed by atoms with van der Waals surface area (Å²) >= 11 is 12.2. The zero-order chi connectivity index (χ0) is 16.2. The molecule has 1 aromatic carbocycles. The van der Waals surface area contributed by atoms with Gasteiger partial charge in [-0.25, -0.2) is 9.97 Å². The number of pyridine rings is 1. The van der Waals surface area contributed by atoms with Crippen LogP contribution in [-0.4, -0.2) is 19.6 Å². The number of hydrogen-bond acceptors (Lipinski definition) is 4. The van der Waals surface area contributed by atoms with Crippen LogP contribution in [0.4, 0.5) is 0 Å². The van der Waals surface area contributed by atoms with E-state index >= 15 is 0 Å². The molecular formula is C16H13Cl2N3O2. The predicted molar refractivity (Wildman–Crippen MR) is 88.1 cm³/mol. The maximum absolute atomic E-state index is 9.03. The molecule has 0 fully saturated rings. The monoisotopic (exact) mass is 349 g/mol. The van der Waals surface area contributed by atoms with Crippen molar-refractivity contribution in [2.45, 2.75) is 13.2 Å². The number of halogens is 2. The van der Waals surface area contributed by atoms with Gasteiger partial charge in [0.15, 0.2) is 0 Å². The third-order valence-corrected chi connectivity index (χ3v) is 3.94. The molecule has 23 heavy (non-hydrogen) atoms. The summed E-state index contributed by atoms with van der Waals surface area (Å²) < 4.78 is 7.40. The number of aliphatic hydroxyl groups is 1. The van der Waals surface area contributed by atoms with E-state index in [1.807, 2.05) is 0 Å². The van der Waals surface area contributed by atoms with Crippen LogP contribution in [0.15, 0.2) is 49.1 Å². The summed E-state index contributed by atoms with van der Waals surface area (Å²) in [6, 6.07) is 8.92. The molecule has 0 amide bonds. The predicted octanol–water partition coefficient (Wildman–Crippen LogP) is 3.65. The second-order valence-corrected chi connectivity index (χ2v) is 5.59. The Labute approximate surface area is 143 Å². The average Bonchev–Trinajstić information content (AvgIpc) is 3.04. The fourth-order valence-electron chi connectivity index (χ4n) is 2.01. The Kier molecular flexibility index (Phi) is 4.81. The highest BCUT2D eigenvalue weighted by molar-refractivity contribution is 6.35. The van der Waals surface area contributed by atoms with Crippen molar-refractivity contribution < 1.29 is 9.84 Å².